The van der Waals surface area contributed by atoms with Crippen LogP contribution in [0.4, 0.5) is 0 Å². The topological polar surface area (TPSA) is 47.0 Å². The van der Waals surface area contributed by atoms with Gasteiger partial charge in [-0.25, -0.2) is 0 Å². The summed E-state index contributed by atoms with van der Waals surface area (Å²) in [5.74, 6) is 2.61. The molecule has 2 aliphatic heterocycles. The highest BCUT2D eigenvalue weighted by Crippen LogP contribution is 2.51. The Morgan fingerprint density at radius 3 is 2.73 bits per heavy atom. The summed E-state index contributed by atoms with van der Waals surface area (Å²) >= 11 is 1.84. The second-order valence-corrected chi connectivity index (χ2v) is 7.41. The van der Waals surface area contributed by atoms with E-state index in [-0.39, 0.29) is 12.1 Å². The third-order valence-corrected chi connectivity index (χ3v) is 6.21. The molecule has 0 bridgehead atoms. The van der Waals surface area contributed by atoms with Crippen molar-refractivity contribution in [3.05, 3.63) is 53.9 Å². The number of hydrogen-bond donors (Lipinski definition) is 0. The van der Waals surface area contributed by atoms with Gasteiger partial charge in [-0.1, -0.05) is 36.9 Å². The minimum absolute atomic E-state index is 0.0472. The maximum atomic E-state index is 5.75. The van der Waals surface area contributed by atoms with Crippen LogP contribution in [0.5, 0.6) is 11.5 Å². The first-order chi connectivity index (χ1) is 12.8. The fourth-order valence-electron chi connectivity index (χ4n) is 3.83. The van der Waals surface area contributed by atoms with Gasteiger partial charge < -0.3 is 14.4 Å². The molecule has 0 radical (unpaired) electrons. The molecule has 1 aromatic heterocycles. The number of pyridine rings is 1. The van der Waals surface area contributed by atoms with Crippen molar-refractivity contribution < 1.29 is 9.47 Å². The van der Waals surface area contributed by atoms with Crippen LogP contribution in [0.2, 0.25) is 0 Å². The van der Waals surface area contributed by atoms with Crippen molar-refractivity contribution in [3.8, 4) is 11.5 Å². The van der Waals surface area contributed by atoms with E-state index in [2.05, 4.69) is 28.9 Å². The molecule has 2 aliphatic rings. The van der Waals surface area contributed by atoms with Crippen LogP contribution in [0, 0.1) is 0 Å². The fourth-order valence-corrected chi connectivity index (χ4v) is 5.17. The Labute approximate surface area is 158 Å². The van der Waals surface area contributed by atoms with Crippen molar-refractivity contribution in [1.82, 2.24) is 9.88 Å². The highest BCUT2D eigenvalue weighted by Gasteiger charge is 2.46. The number of hydrogen-bond acceptors (Lipinski definition) is 6. The Morgan fingerprint density at radius 2 is 2.04 bits per heavy atom. The monoisotopic (exact) mass is 369 g/mol. The first-order valence-corrected chi connectivity index (χ1v) is 9.87. The van der Waals surface area contributed by atoms with Gasteiger partial charge in [0.15, 0.2) is 16.7 Å². The summed E-state index contributed by atoms with van der Waals surface area (Å²) in [4.78, 5) is 12.1. The standard InChI is InChI=1S/C20H23N3O2S/c1-4-13-12-26-20-22-17(15-9-5-6-11-21-15)18(23(13)20)14-8-7-10-16(24-2)19(14)25-3/h5-11,13,17-18H,4,12H2,1-3H3/t13-,17+,18-/m1/s1. The molecule has 1 saturated heterocycles. The maximum absolute atomic E-state index is 5.75. The SMILES string of the molecule is CC[C@@H]1CSC2=N[C@@H](c3ccccn3)[C@@H](c3cccc(OC)c3OC)N21. The normalized spacial score (nSPS) is 24.3. The summed E-state index contributed by atoms with van der Waals surface area (Å²) in [5, 5.41) is 1.11. The molecule has 6 heteroatoms. The average molecular weight is 369 g/mol. The first-order valence-electron chi connectivity index (χ1n) is 8.89. The van der Waals surface area contributed by atoms with Crippen molar-refractivity contribution >= 4 is 16.9 Å². The van der Waals surface area contributed by atoms with Crippen LogP contribution < -0.4 is 9.47 Å². The van der Waals surface area contributed by atoms with Crippen LogP contribution in [0.15, 0.2) is 47.6 Å². The molecule has 136 valence electrons. The second kappa shape index (κ2) is 7.19. The van der Waals surface area contributed by atoms with Gasteiger partial charge in [0, 0.05) is 23.6 Å². The lowest BCUT2D eigenvalue weighted by molar-refractivity contribution is 0.246. The molecule has 4 rings (SSSR count). The third-order valence-electron chi connectivity index (χ3n) is 5.08. The van der Waals surface area contributed by atoms with Gasteiger partial charge in [0.25, 0.3) is 0 Å². The second-order valence-electron chi connectivity index (χ2n) is 6.42. The summed E-state index contributed by atoms with van der Waals surface area (Å²) < 4.78 is 11.3. The lowest BCUT2D eigenvalue weighted by atomic mass is 9.94. The molecule has 3 heterocycles. The van der Waals surface area contributed by atoms with Crippen LogP contribution in [-0.4, -0.2) is 41.1 Å². The first kappa shape index (κ1) is 17.2. The number of para-hydroxylation sites is 1. The zero-order valence-electron chi connectivity index (χ0n) is 15.3. The minimum Gasteiger partial charge on any atom is -0.493 e. The number of benzene rings is 1. The fraction of sp³-hybridized carbons (Fsp3) is 0.400. The summed E-state index contributed by atoms with van der Waals surface area (Å²) in [6.45, 7) is 2.24. The van der Waals surface area contributed by atoms with Crippen LogP contribution in [0.3, 0.4) is 0 Å². The van der Waals surface area contributed by atoms with Gasteiger partial charge in [0.2, 0.25) is 0 Å². The van der Waals surface area contributed by atoms with E-state index >= 15 is 0 Å². The van der Waals surface area contributed by atoms with Crippen LogP contribution in [0.1, 0.15) is 36.7 Å². The van der Waals surface area contributed by atoms with Crippen molar-refractivity contribution in [2.75, 3.05) is 20.0 Å². The van der Waals surface area contributed by atoms with Gasteiger partial charge >= 0.3 is 0 Å². The summed E-state index contributed by atoms with van der Waals surface area (Å²) in [5.41, 5.74) is 2.09. The van der Waals surface area contributed by atoms with E-state index in [0.717, 1.165) is 40.1 Å². The molecular weight excluding hydrogens is 346 g/mol. The van der Waals surface area contributed by atoms with Crippen LogP contribution in [-0.2, 0) is 0 Å². The van der Waals surface area contributed by atoms with Gasteiger partial charge in [-0.05, 0) is 24.6 Å². The van der Waals surface area contributed by atoms with Crippen molar-refractivity contribution in [2.24, 2.45) is 4.99 Å². The van der Waals surface area contributed by atoms with Crippen molar-refractivity contribution in [3.63, 3.8) is 0 Å². The van der Waals surface area contributed by atoms with E-state index in [1.165, 1.54) is 0 Å². The minimum atomic E-state index is -0.0472. The Bertz CT molecular complexity index is 812. The largest absolute Gasteiger partial charge is 0.493 e. The van der Waals surface area contributed by atoms with E-state index < -0.39 is 0 Å². The van der Waals surface area contributed by atoms with E-state index in [4.69, 9.17) is 14.5 Å². The van der Waals surface area contributed by atoms with Crippen molar-refractivity contribution in [2.45, 2.75) is 31.5 Å². The molecule has 0 amide bonds. The van der Waals surface area contributed by atoms with E-state index in [1.807, 2.05) is 42.2 Å². The quantitative estimate of drug-likeness (QED) is 0.795. The molecule has 3 atom stereocenters. The highest BCUT2D eigenvalue weighted by molar-refractivity contribution is 8.14. The molecule has 1 fully saturated rings. The van der Waals surface area contributed by atoms with E-state index in [1.54, 1.807) is 14.2 Å². The Balaban J connectivity index is 1.85. The average Bonchev–Trinajstić information content (AvgIpc) is 3.26. The van der Waals surface area contributed by atoms with Gasteiger partial charge in [0.05, 0.1) is 26.0 Å². The smallest absolute Gasteiger partial charge is 0.166 e. The number of fused-ring (bicyclic) bond motifs is 1. The third kappa shape index (κ3) is 2.72. The molecular formula is C20H23N3O2S. The molecule has 26 heavy (non-hydrogen) atoms. The number of methoxy groups -OCH3 is 2. The number of aliphatic imine (C=N–C) groups is 1. The lowest BCUT2D eigenvalue weighted by Crippen LogP contribution is -2.35. The molecule has 0 aliphatic carbocycles. The molecule has 1 aromatic carbocycles. The molecule has 0 saturated carbocycles. The molecule has 5 nitrogen and oxygen atoms in total. The number of rotatable bonds is 5. The summed E-state index contributed by atoms with van der Waals surface area (Å²) in [7, 11) is 3.37. The number of aromatic nitrogens is 1. The van der Waals surface area contributed by atoms with Gasteiger partial charge in [-0.2, -0.15) is 0 Å². The molecule has 0 unspecified atom stereocenters. The predicted molar refractivity (Wildman–Crippen MR) is 105 cm³/mol. The highest BCUT2D eigenvalue weighted by atomic mass is 32.2. The van der Waals surface area contributed by atoms with Gasteiger partial charge in [0.1, 0.15) is 6.04 Å². The lowest BCUT2D eigenvalue weighted by Gasteiger charge is -2.32. The summed E-state index contributed by atoms with van der Waals surface area (Å²) in [6, 6.07) is 12.6. The number of ether oxygens (including phenoxy) is 2. The van der Waals surface area contributed by atoms with E-state index in [0.29, 0.717) is 6.04 Å². The Hall–Kier alpha value is -2.21. The van der Waals surface area contributed by atoms with Gasteiger partial charge in [-0.3, -0.25) is 9.98 Å². The number of amidine groups is 1. The Morgan fingerprint density at radius 1 is 1.15 bits per heavy atom. The van der Waals surface area contributed by atoms with E-state index in [9.17, 15) is 0 Å². The predicted octanol–water partition coefficient (Wildman–Crippen LogP) is 4.08. The van der Waals surface area contributed by atoms with Crippen LogP contribution in [0.25, 0.3) is 0 Å². The zero-order valence-corrected chi connectivity index (χ0v) is 16.1. The summed E-state index contributed by atoms with van der Waals surface area (Å²) in [6.07, 6.45) is 2.92. The molecule has 0 N–H and O–H groups in total. The van der Waals surface area contributed by atoms with Crippen LogP contribution >= 0.6 is 11.8 Å². The van der Waals surface area contributed by atoms with Crippen molar-refractivity contribution in [1.29, 1.82) is 0 Å². The molecule has 0 spiro atoms. The maximum Gasteiger partial charge on any atom is 0.166 e. The number of thioether (sulfide) groups is 1. The molecule has 2 aromatic rings. The zero-order chi connectivity index (χ0) is 18.1. The Kier molecular flexibility index (Phi) is 4.76. The number of nitrogens with zero attached hydrogens (tertiary/aromatic N) is 3. The van der Waals surface area contributed by atoms with Gasteiger partial charge in [-0.15, -0.1) is 0 Å².